The number of benzene rings is 1. The summed E-state index contributed by atoms with van der Waals surface area (Å²) in [7, 11) is 1.51. The standard InChI is InChI=1S/C24H26N4O5/c1-13(28-12-24(33-23(28)31)9-14(10-24)11-25)16-4-3-5-17-19(21(22(29)30)27-20(16)17)15-6-7-26-18(8-15)32-2/h3-8,13-14,27H,9-12,25H2,1-2H3,(H,29,30)/t13-,14?,24?/m0/s1. The Bertz CT molecular complexity index is 1250. The number of aromatic nitrogens is 2. The minimum Gasteiger partial charge on any atom is -0.481 e. The summed E-state index contributed by atoms with van der Waals surface area (Å²) in [5, 5.41) is 10.7. The number of H-pyrrole nitrogens is 1. The highest BCUT2D eigenvalue weighted by Crippen LogP contribution is 2.47. The zero-order valence-electron chi connectivity index (χ0n) is 18.5. The predicted octanol–water partition coefficient (Wildman–Crippen LogP) is 3.56. The van der Waals surface area contributed by atoms with E-state index in [1.54, 1.807) is 23.2 Å². The van der Waals surface area contributed by atoms with Crippen molar-refractivity contribution in [2.24, 2.45) is 11.7 Å². The van der Waals surface area contributed by atoms with Gasteiger partial charge in [0.1, 0.15) is 11.3 Å². The number of rotatable bonds is 6. The third-order valence-electron chi connectivity index (χ3n) is 6.88. The van der Waals surface area contributed by atoms with Gasteiger partial charge in [-0.15, -0.1) is 0 Å². The Morgan fingerprint density at radius 2 is 2.21 bits per heavy atom. The number of carbonyl (C=O) groups excluding carboxylic acids is 1. The summed E-state index contributed by atoms with van der Waals surface area (Å²) in [6.07, 6.45) is 2.79. The van der Waals surface area contributed by atoms with E-state index in [2.05, 4.69) is 9.97 Å². The monoisotopic (exact) mass is 450 g/mol. The third kappa shape index (κ3) is 3.39. The number of ether oxygens (including phenoxy) is 2. The Balaban J connectivity index is 1.56. The van der Waals surface area contributed by atoms with Crippen LogP contribution in [0.25, 0.3) is 22.0 Å². The largest absolute Gasteiger partial charge is 0.481 e. The molecule has 1 amide bonds. The molecule has 0 bridgehead atoms. The number of fused-ring (bicyclic) bond motifs is 1. The van der Waals surface area contributed by atoms with E-state index in [9.17, 15) is 14.7 Å². The lowest BCUT2D eigenvalue weighted by Crippen LogP contribution is -2.49. The number of carbonyl (C=O) groups is 2. The lowest BCUT2D eigenvalue weighted by Gasteiger charge is -2.42. The number of nitrogens with zero attached hydrogens (tertiary/aromatic N) is 2. The van der Waals surface area contributed by atoms with Crippen LogP contribution in [-0.4, -0.2) is 57.8 Å². The summed E-state index contributed by atoms with van der Waals surface area (Å²) >= 11 is 0. The maximum absolute atomic E-state index is 12.7. The number of methoxy groups -OCH3 is 1. The van der Waals surface area contributed by atoms with Crippen molar-refractivity contribution in [3.63, 3.8) is 0 Å². The highest BCUT2D eigenvalue weighted by Gasteiger charge is 2.54. The molecule has 0 radical (unpaired) electrons. The second kappa shape index (κ2) is 7.77. The zero-order valence-corrected chi connectivity index (χ0v) is 18.5. The molecule has 172 valence electrons. The Morgan fingerprint density at radius 1 is 1.42 bits per heavy atom. The van der Waals surface area contributed by atoms with Crippen LogP contribution >= 0.6 is 0 Å². The fraction of sp³-hybridized carbons (Fsp3) is 0.375. The molecule has 33 heavy (non-hydrogen) atoms. The van der Waals surface area contributed by atoms with E-state index in [-0.39, 0.29) is 17.8 Å². The van der Waals surface area contributed by atoms with Crippen molar-refractivity contribution in [3.05, 3.63) is 47.8 Å². The molecule has 1 spiro atoms. The number of hydrogen-bond acceptors (Lipinski definition) is 6. The van der Waals surface area contributed by atoms with Crippen LogP contribution in [0.2, 0.25) is 0 Å². The quantitative estimate of drug-likeness (QED) is 0.523. The first-order chi connectivity index (χ1) is 15.9. The third-order valence-corrected chi connectivity index (χ3v) is 6.88. The molecule has 4 N–H and O–H groups in total. The molecule has 1 aliphatic heterocycles. The molecule has 1 aliphatic carbocycles. The van der Waals surface area contributed by atoms with Crippen molar-refractivity contribution in [1.29, 1.82) is 0 Å². The van der Waals surface area contributed by atoms with Gasteiger partial charge in [-0.2, -0.15) is 0 Å². The Hall–Kier alpha value is -3.59. The molecule has 5 rings (SSSR count). The Morgan fingerprint density at radius 3 is 2.91 bits per heavy atom. The molecule has 2 aliphatic rings. The average Bonchev–Trinajstić information content (AvgIpc) is 3.36. The lowest BCUT2D eigenvalue weighted by atomic mass is 9.71. The molecule has 1 aromatic carbocycles. The number of aromatic amines is 1. The molecule has 3 heterocycles. The van der Waals surface area contributed by atoms with Gasteiger partial charge in [0.25, 0.3) is 0 Å². The number of nitrogens with two attached hydrogens (primary N) is 1. The molecule has 0 unspecified atom stereocenters. The van der Waals surface area contributed by atoms with Crippen molar-refractivity contribution >= 4 is 23.0 Å². The van der Waals surface area contributed by atoms with Crippen LogP contribution in [0, 0.1) is 5.92 Å². The van der Waals surface area contributed by atoms with E-state index in [4.69, 9.17) is 15.2 Å². The van der Waals surface area contributed by atoms with E-state index in [0.717, 1.165) is 23.8 Å². The van der Waals surface area contributed by atoms with Crippen LogP contribution < -0.4 is 10.5 Å². The molecule has 9 nitrogen and oxygen atoms in total. The molecular formula is C24H26N4O5. The number of para-hydroxylation sites is 1. The van der Waals surface area contributed by atoms with E-state index < -0.39 is 11.6 Å². The van der Waals surface area contributed by atoms with Crippen LogP contribution in [0.3, 0.4) is 0 Å². The number of carboxylic acid groups (broad SMARTS) is 1. The van der Waals surface area contributed by atoms with Gasteiger partial charge in [0.05, 0.1) is 25.2 Å². The summed E-state index contributed by atoms with van der Waals surface area (Å²) in [4.78, 5) is 33.8. The molecule has 1 saturated heterocycles. The summed E-state index contributed by atoms with van der Waals surface area (Å²) in [5.41, 5.74) is 8.11. The van der Waals surface area contributed by atoms with Crippen LogP contribution in [0.4, 0.5) is 4.79 Å². The minimum absolute atomic E-state index is 0.0724. The number of amides is 1. The van der Waals surface area contributed by atoms with Gasteiger partial charge in [0, 0.05) is 23.2 Å². The molecule has 1 atom stereocenters. The molecule has 9 heteroatoms. The van der Waals surface area contributed by atoms with Crippen molar-refractivity contribution in [2.45, 2.75) is 31.4 Å². The van der Waals surface area contributed by atoms with Gasteiger partial charge < -0.3 is 25.3 Å². The van der Waals surface area contributed by atoms with Crippen LogP contribution in [0.5, 0.6) is 5.88 Å². The summed E-state index contributed by atoms with van der Waals surface area (Å²) in [6, 6.07) is 8.81. The molecule has 1 saturated carbocycles. The van der Waals surface area contributed by atoms with Gasteiger partial charge in [-0.05, 0) is 49.4 Å². The number of hydrogen-bond donors (Lipinski definition) is 3. The molecule has 3 aromatic rings. The first-order valence-electron chi connectivity index (χ1n) is 10.9. The second-order valence-electron chi connectivity index (χ2n) is 8.90. The SMILES string of the molecule is COc1cc(-c2c(C(=O)O)[nH]c3c([C@H](C)N4CC5(CC(CN)C5)OC4=O)cccc23)ccn1. The molecular weight excluding hydrogens is 424 g/mol. The van der Waals surface area contributed by atoms with Gasteiger partial charge in [-0.3, -0.25) is 4.90 Å². The maximum Gasteiger partial charge on any atom is 0.411 e. The number of aromatic carboxylic acids is 1. The first-order valence-corrected chi connectivity index (χ1v) is 10.9. The first kappa shape index (κ1) is 21.3. The van der Waals surface area contributed by atoms with Gasteiger partial charge in [-0.25, -0.2) is 14.6 Å². The van der Waals surface area contributed by atoms with Gasteiger partial charge in [-0.1, -0.05) is 18.2 Å². The van der Waals surface area contributed by atoms with Gasteiger partial charge in [0.15, 0.2) is 0 Å². The number of carboxylic acids is 1. The lowest BCUT2D eigenvalue weighted by molar-refractivity contribution is -0.0439. The normalized spacial score (nSPS) is 22.9. The summed E-state index contributed by atoms with van der Waals surface area (Å²) in [6.45, 7) is 3.03. The minimum atomic E-state index is -1.07. The summed E-state index contributed by atoms with van der Waals surface area (Å²) < 4.78 is 11.0. The number of pyridine rings is 1. The maximum atomic E-state index is 12.7. The smallest absolute Gasteiger partial charge is 0.411 e. The zero-order chi connectivity index (χ0) is 23.3. The van der Waals surface area contributed by atoms with Crippen molar-refractivity contribution in [3.8, 4) is 17.0 Å². The van der Waals surface area contributed by atoms with Crippen molar-refractivity contribution < 1.29 is 24.2 Å². The highest BCUT2D eigenvalue weighted by molar-refractivity contribution is 6.08. The van der Waals surface area contributed by atoms with E-state index >= 15 is 0 Å². The topological polar surface area (TPSA) is 131 Å². The molecule has 2 fully saturated rings. The Labute approximate surface area is 190 Å². The van der Waals surface area contributed by atoms with E-state index in [0.29, 0.717) is 41.5 Å². The van der Waals surface area contributed by atoms with Gasteiger partial charge in [0.2, 0.25) is 5.88 Å². The summed E-state index contributed by atoms with van der Waals surface area (Å²) in [5.74, 6) is -0.292. The Kier molecular flexibility index (Phi) is 5.01. The average molecular weight is 450 g/mol. The van der Waals surface area contributed by atoms with Crippen LogP contribution in [-0.2, 0) is 4.74 Å². The van der Waals surface area contributed by atoms with E-state index in [1.807, 2.05) is 25.1 Å². The fourth-order valence-electron chi connectivity index (χ4n) is 5.21. The van der Waals surface area contributed by atoms with Crippen molar-refractivity contribution in [2.75, 3.05) is 20.2 Å². The van der Waals surface area contributed by atoms with Gasteiger partial charge >= 0.3 is 12.1 Å². The number of nitrogens with one attached hydrogen (secondary N) is 1. The molecule has 2 aromatic heterocycles. The second-order valence-corrected chi connectivity index (χ2v) is 8.90. The van der Waals surface area contributed by atoms with Crippen LogP contribution in [0.1, 0.15) is 41.9 Å². The van der Waals surface area contributed by atoms with Crippen molar-refractivity contribution in [1.82, 2.24) is 14.9 Å². The van der Waals surface area contributed by atoms with E-state index in [1.165, 1.54) is 7.11 Å². The predicted molar refractivity (Wildman–Crippen MR) is 121 cm³/mol. The fourth-order valence-corrected chi connectivity index (χ4v) is 5.21. The highest BCUT2D eigenvalue weighted by atomic mass is 16.6. The van der Waals surface area contributed by atoms with Crippen LogP contribution in [0.15, 0.2) is 36.5 Å².